The minimum absolute atomic E-state index is 0.885. The molecule has 100 heavy (non-hydrogen) atoms. The zero-order valence-corrected chi connectivity index (χ0v) is 52.3. The molecule has 9 aliphatic rings. The number of aliphatic hydroxyl groups is 29. The third kappa shape index (κ3) is 17.5. The van der Waals surface area contributed by atoms with E-state index >= 15 is 0 Å². The molecule has 45 atom stereocenters. The minimum Gasteiger partial charge on any atom is -0.394 e. The van der Waals surface area contributed by atoms with Crippen LogP contribution in [0.3, 0.4) is 0 Å². The van der Waals surface area contributed by atoms with Crippen molar-refractivity contribution in [1.29, 1.82) is 0 Å². The Labute approximate surface area is 563 Å². The number of ether oxygens (including phenoxy) is 17. The van der Waals surface area contributed by atoms with Gasteiger partial charge in [0.25, 0.3) is 0 Å². The Balaban J connectivity index is 0.878. The molecule has 0 bridgehead atoms. The van der Waals surface area contributed by atoms with Crippen LogP contribution in [0.5, 0.6) is 0 Å². The fourth-order valence-corrected chi connectivity index (χ4v) is 12.4. The highest BCUT2D eigenvalue weighted by Gasteiger charge is 2.58. The summed E-state index contributed by atoms with van der Waals surface area (Å²) in [6.07, 6.45) is -89.9. The first-order chi connectivity index (χ1) is 47.3. The number of aliphatic hydroxyl groups excluding tert-OH is 29. The Morgan fingerprint density at radius 3 is 0.600 bits per heavy atom. The van der Waals surface area contributed by atoms with Crippen molar-refractivity contribution in [2.75, 3.05) is 59.5 Å². The molecule has 584 valence electrons. The topological polar surface area (TPSA) is 744 Å². The van der Waals surface area contributed by atoms with Crippen LogP contribution in [-0.2, 0) is 80.5 Å². The summed E-state index contributed by atoms with van der Waals surface area (Å²) >= 11 is 0. The molecule has 0 spiro atoms. The Hall–Kier alpha value is -1.84. The smallest absolute Gasteiger partial charge is 0.187 e. The molecule has 46 heteroatoms. The quantitative estimate of drug-likeness (QED) is 0.0404. The second kappa shape index (κ2) is 35.5. The van der Waals surface area contributed by atoms with E-state index < -0.39 is 336 Å². The van der Waals surface area contributed by atoms with E-state index in [1.165, 1.54) is 0 Å². The number of hydrogen-bond donors (Lipinski definition) is 29. The van der Waals surface area contributed by atoms with Gasteiger partial charge in [-0.3, -0.25) is 0 Å². The number of hydrogen-bond acceptors (Lipinski definition) is 46. The molecule has 0 saturated carbocycles. The van der Waals surface area contributed by atoms with Gasteiger partial charge in [0, 0.05) is 0 Å². The van der Waals surface area contributed by atoms with Gasteiger partial charge in [0.05, 0.1) is 59.5 Å². The molecule has 9 saturated heterocycles. The second-order valence-corrected chi connectivity index (χ2v) is 25.4. The Morgan fingerprint density at radius 1 is 0.170 bits per heavy atom. The molecule has 0 radical (unpaired) electrons. The molecule has 46 nitrogen and oxygen atoms in total. The van der Waals surface area contributed by atoms with Crippen molar-refractivity contribution in [3.05, 3.63) is 0 Å². The first-order valence-electron chi connectivity index (χ1n) is 31.7. The first kappa shape index (κ1) is 82.2. The molecule has 29 N–H and O–H groups in total. The Kier molecular flexibility index (Phi) is 29.2. The zero-order valence-electron chi connectivity index (χ0n) is 52.3. The van der Waals surface area contributed by atoms with Crippen molar-refractivity contribution in [3.8, 4) is 0 Å². The lowest BCUT2D eigenvalue weighted by Crippen LogP contribution is -2.66. The third-order valence-electron chi connectivity index (χ3n) is 18.7. The van der Waals surface area contributed by atoms with Crippen LogP contribution in [0.2, 0.25) is 0 Å². The van der Waals surface area contributed by atoms with Crippen molar-refractivity contribution in [2.45, 2.75) is 276 Å². The van der Waals surface area contributed by atoms with Crippen LogP contribution in [0.1, 0.15) is 0 Å². The summed E-state index contributed by atoms with van der Waals surface area (Å²) in [5.41, 5.74) is 0. The van der Waals surface area contributed by atoms with Crippen LogP contribution in [0.4, 0.5) is 0 Å². The van der Waals surface area contributed by atoms with Gasteiger partial charge in [-0.25, -0.2) is 0 Å². The van der Waals surface area contributed by atoms with Gasteiger partial charge < -0.3 is 229 Å². The predicted octanol–water partition coefficient (Wildman–Crippen LogP) is -20.6. The summed E-state index contributed by atoms with van der Waals surface area (Å²) < 4.78 is 95.1. The van der Waals surface area contributed by atoms with E-state index in [4.69, 9.17) is 80.5 Å². The summed E-state index contributed by atoms with van der Waals surface area (Å²) in [7, 11) is 0. The molecule has 9 aliphatic heterocycles. The maximum absolute atomic E-state index is 11.8. The summed E-state index contributed by atoms with van der Waals surface area (Å²) in [5.74, 6) is 0. The van der Waals surface area contributed by atoms with E-state index in [-0.39, 0.29) is 0 Å². The molecule has 9 heterocycles. The Morgan fingerprint density at radius 2 is 0.350 bits per heavy atom. The Bertz CT molecular complexity index is 2450. The van der Waals surface area contributed by atoms with E-state index in [0.717, 1.165) is 0 Å². The van der Waals surface area contributed by atoms with Gasteiger partial charge >= 0.3 is 0 Å². The molecule has 0 aromatic carbocycles. The van der Waals surface area contributed by atoms with Crippen molar-refractivity contribution in [1.82, 2.24) is 0 Å². The molecule has 0 amide bonds. The van der Waals surface area contributed by atoms with Crippen molar-refractivity contribution in [2.24, 2.45) is 0 Å². The van der Waals surface area contributed by atoms with Crippen LogP contribution in [0.15, 0.2) is 0 Å². The summed E-state index contributed by atoms with van der Waals surface area (Å²) in [6, 6.07) is 0. The first-order valence-corrected chi connectivity index (χ1v) is 31.7. The fraction of sp³-hybridized carbons (Fsp3) is 1.00. The highest BCUT2D eigenvalue weighted by atomic mass is 16.8. The van der Waals surface area contributed by atoms with E-state index in [2.05, 4.69) is 0 Å². The minimum atomic E-state index is -2.28. The highest BCUT2D eigenvalue weighted by molar-refractivity contribution is 5.00. The van der Waals surface area contributed by atoms with Crippen LogP contribution in [0, 0.1) is 0 Å². The van der Waals surface area contributed by atoms with E-state index in [1.54, 1.807) is 0 Å². The number of rotatable bonds is 25. The van der Waals surface area contributed by atoms with Gasteiger partial charge in [-0.2, -0.15) is 0 Å². The molecule has 0 aromatic rings. The van der Waals surface area contributed by atoms with Gasteiger partial charge in [-0.1, -0.05) is 0 Å². The lowest BCUT2D eigenvalue weighted by molar-refractivity contribution is -0.376. The summed E-state index contributed by atoms with van der Waals surface area (Å²) in [6.45, 7) is -8.59. The standard InChI is InChI=1S/C54H92O46/c55-1-10-19(59)28(68)34(74)47(90-10)85-8-17-26(66)44(99-53-38(78)30(70)21(61)12(3-57)92-53)41(81)50(96-17)88-6-15-24(64)33(73)36(76)49(95-15)86-9-18-27(67)45(100-54-39(79)31(71)22(62)13(4-58)93-54)42(82)51(97-18)87-5-14-23(63)32(72)35(75)48(94-14)84-7-16-25(65)43(40(80)46(83)89-16)98-52-37(77)29(69)20(60)11(2-56)91-52/h10-83H,1-9H2/t10-,11-,12-,13-,14-,15-,16-,17-,18-,19-,20-,21-,22-,23-,24-,25-,26-,27-,28+,29+,30+,31+,32+,33+,34-,35-,36-,37-,38-,39-,40-,41-,42-,43+,44+,45+,46-,47-,48-,49-,50-,51-,52+,53+,54+/m1/s1. The third-order valence-corrected chi connectivity index (χ3v) is 18.7. The maximum Gasteiger partial charge on any atom is 0.187 e. The van der Waals surface area contributed by atoms with Crippen LogP contribution >= 0.6 is 0 Å². The predicted molar refractivity (Wildman–Crippen MR) is 297 cm³/mol. The molecule has 9 fully saturated rings. The summed E-state index contributed by atoms with van der Waals surface area (Å²) in [5, 5.41) is 310. The maximum atomic E-state index is 11.8. The van der Waals surface area contributed by atoms with Crippen LogP contribution in [-0.4, -0.2) is 484 Å². The van der Waals surface area contributed by atoms with Gasteiger partial charge in [0.1, 0.15) is 220 Å². The monoisotopic (exact) mass is 1480 g/mol. The second-order valence-electron chi connectivity index (χ2n) is 25.4. The lowest BCUT2D eigenvalue weighted by Gasteiger charge is -2.47. The molecule has 0 aromatic heterocycles. The molecule has 9 rings (SSSR count). The molecular weight excluding hydrogens is 1380 g/mol. The average molecular weight is 1480 g/mol. The van der Waals surface area contributed by atoms with Gasteiger partial charge in [-0.15, -0.1) is 0 Å². The van der Waals surface area contributed by atoms with Gasteiger partial charge in [0.15, 0.2) is 56.6 Å². The average Bonchev–Trinajstić information content (AvgIpc) is 0.791. The summed E-state index contributed by atoms with van der Waals surface area (Å²) in [4.78, 5) is 0. The molecular formula is C54H92O46. The van der Waals surface area contributed by atoms with Gasteiger partial charge in [-0.05, 0) is 0 Å². The zero-order chi connectivity index (χ0) is 73.4. The van der Waals surface area contributed by atoms with Crippen LogP contribution < -0.4 is 0 Å². The largest absolute Gasteiger partial charge is 0.394 e. The van der Waals surface area contributed by atoms with Crippen molar-refractivity contribution < 1.29 is 229 Å². The fourth-order valence-electron chi connectivity index (χ4n) is 12.4. The van der Waals surface area contributed by atoms with E-state index in [1.807, 2.05) is 0 Å². The van der Waals surface area contributed by atoms with E-state index in [9.17, 15) is 148 Å². The van der Waals surface area contributed by atoms with Crippen molar-refractivity contribution >= 4 is 0 Å². The van der Waals surface area contributed by atoms with Crippen molar-refractivity contribution in [3.63, 3.8) is 0 Å². The molecule has 0 aliphatic carbocycles. The SMILES string of the molecule is OC[C@H]1O[C@@H](OC[C@H]2O[C@@H](OC[C@H]3O[C@@H](OC[C@H]4O[C@@H](OC[C@H]5O[C@@H](OC[C@H]6O[C@@H](O)[C@H](O)[C@@H](O[C@@H]7O[C@H](CO)[C@@H](O)[C@H](O)[C@H]7O)[C@@H]6O)[C@H](O)[C@@H](O)[C@@H]5O)[C@H](O)[C@@H](O[C@@H]5O[C@H](CO)[C@@H](O)[C@H](O)[C@H]5O)[C@@H]4O)[C@H](O)[C@@H](O)[C@@H]3O)[C@H](O)[C@@H](O[C@@H]3O[C@H](CO)[C@@H](O)[C@H](O)[C@H]3O)[C@@H]2O)[C@H](O)[C@@H](O)[C@@H]1O. The highest BCUT2D eigenvalue weighted by Crippen LogP contribution is 2.37. The van der Waals surface area contributed by atoms with Crippen LogP contribution in [0.25, 0.3) is 0 Å². The normalized spacial score (nSPS) is 53.7. The van der Waals surface area contributed by atoms with Gasteiger partial charge in [0.2, 0.25) is 0 Å². The molecule has 0 unspecified atom stereocenters. The lowest BCUT2D eigenvalue weighted by atomic mass is 9.96. The van der Waals surface area contributed by atoms with E-state index in [0.29, 0.717) is 0 Å².